The minimum absolute atomic E-state index is 0.218. The van der Waals surface area contributed by atoms with E-state index >= 15 is 0 Å². The van der Waals surface area contributed by atoms with Gasteiger partial charge in [0.2, 0.25) is 5.91 Å². The number of amides is 2. The second kappa shape index (κ2) is 5.47. The molecule has 0 atom stereocenters. The number of ether oxygens (including phenoxy) is 1. The second-order valence-electron chi connectivity index (χ2n) is 3.50. The zero-order valence-corrected chi connectivity index (χ0v) is 9.14. The molecule has 0 bridgehead atoms. The van der Waals surface area contributed by atoms with Crippen molar-refractivity contribution in [3.05, 3.63) is 0 Å². The molecule has 0 aliphatic rings. The molecule has 0 unspecified atom stereocenters. The van der Waals surface area contributed by atoms with E-state index in [9.17, 15) is 9.59 Å². The van der Waals surface area contributed by atoms with Gasteiger partial charge in [-0.25, -0.2) is 4.79 Å². The average molecular weight is 202 g/mol. The van der Waals surface area contributed by atoms with E-state index in [2.05, 4.69) is 15.4 Å². The van der Waals surface area contributed by atoms with Gasteiger partial charge in [0.05, 0.1) is 7.11 Å². The van der Waals surface area contributed by atoms with E-state index in [1.165, 1.54) is 7.11 Å². The minimum Gasteiger partial charge on any atom is -0.453 e. The zero-order valence-electron chi connectivity index (χ0n) is 9.14. The van der Waals surface area contributed by atoms with Crippen LogP contribution in [0.2, 0.25) is 0 Å². The highest BCUT2D eigenvalue weighted by Crippen LogP contribution is 2.02. The summed E-state index contributed by atoms with van der Waals surface area (Å²) in [4.78, 5) is 22.4. The van der Waals surface area contributed by atoms with Crippen LogP contribution in [-0.2, 0) is 9.53 Å². The van der Waals surface area contributed by atoms with Gasteiger partial charge in [0.25, 0.3) is 0 Å². The zero-order chi connectivity index (χ0) is 11.2. The van der Waals surface area contributed by atoms with Gasteiger partial charge in [-0.15, -0.1) is 0 Å². The molecule has 5 heteroatoms. The summed E-state index contributed by atoms with van der Waals surface area (Å²) in [5.41, 5.74) is -0.942. The first-order valence-electron chi connectivity index (χ1n) is 4.58. The highest BCUT2D eigenvalue weighted by Gasteiger charge is 2.29. The predicted octanol–water partition coefficient (Wildman–Crippen LogP) is 0.647. The Hall–Kier alpha value is -1.26. The Labute approximate surface area is 84.2 Å². The van der Waals surface area contributed by atoms with Gasteiger partial charge < -0.3 is 15.4 Å². The summed E-state index contributed by atoms with van der Waals surface area (Å²) in [6, 6.07) is 0. The van der Waals surface area contributed by atoms with Crippen LogP contribution in [0.4, 0.5) is 4.79 Å². The number of nitrogens with one attached hydrogen (secondary N) is 2. The number of rotatable bonds is 4. The Bertz CT molecular complexity index is 214. The third kappa shape index (κ3) is 4.11. The van der Waals surface area contributed by atoms with Crippen molar-refractivity contribution in [3.8, 4) is 0 Å². The Kier molecular flexibility index (Phi) is 4.97. The number of alkyl carbamates (subject to hydrolysis) is 1. The van der Waals surface area contributed by atoms with Crippen molar-refractivity contribution in [1.29, 1.82) is 0 Å². The van der Waals surface area contributed by atoms with Crippen LogP contribution in [0.25, 0.3) is 0 Å². The molecule has 0 aromatic rings. The van der Waals surface area contributed by atoms with Crippen molar-refractivity contribution in [2.45, 2.75) is 32.7 Å². The quantitative estimate of drug-likeness (QED) is 0.703. The topological polar surface area (TPSA) is 67.4 Å². The minimum atomic E-state index is -0.942. The fourth-order valence-electron chi connectivity index (χ4n) is 0.822. The molecule has 0 aromatic carbocycles. The van der Waals surface area contributed by atoms with Gasteiger partial charge in [-0.05, 0) is 20.3 Å². The molecule has 0 saturated heterocycles. The number of methoxy groups -OCH3 is 1. The van der Waals surface area contributed by atoms with Crippen molar-refractivity contribution in [2.75, 3.05) is 13.7 Å². The lowest BCUT2D eigenvalue weighted by atomic mass is 10.1. The summed E-state index contributed by atoms with van der Waals surface area (Å²) in [5.74, 6) is -0.218. The molecule has 0 aromatic heterocycles. The smallest absolute Gasteiger partial charge is 0.407 e. The van der Waals surface area contributed by atoms with E-state index < -0.39 is 11.6 Å². The van der Waals surface area contributed by atoms with Crippen LogP contribution in [-0.4, -0.2) is 31.2 Å². The molecule has 0 aliphatic heterocycles. The van der Waals surface area contributed by atoms with Crippen LogP contribution in [0, 0.1) is 0 Å². The highest BCUT2D eigenvalue weighted by atomic mass is 16.5. The first-order chi connectivity index (χ1) is 6.44. The Morgan fingerprint density at radius 2 is 1.93 bits per heavy atom. The molecular weight excluding hydrogens is 184 g/mol. The number of hydrogen-bond acceptors (Lipinski definition) is 3. The SMILES string of the molecule is CCCNC(=O)C(C)(C)NC(=O)OC. The monoisotopic (exact) mass is 202 g/mol. The molecule has 0 heterocycles. The van der Waals surface area contributed by atoms with Crippen LogP contribution in [0.1, 0.15) is 27.2 Å². The maximum atomic E-state index is 11.5. The van der Waals surface area contributed by atoms with Gasteiger partial charge in [-0.2, -0.15) is 0 Å². The van der Waals surface area contributed by atoms with Gasteiger partial charge in [0.1, 0.15) is 5.54 Å². The van der Waals surface area contributed by atoms with Gasteiger partial charge in [0.15, 0.2) is 0 Å². The van der Waals surface area contributed by atoms with Crippen LogP contribution < -0.4 is 10.6 Å². The Morgan fingerprint density at radius 1 is 1.36 bits per heavy atom. The second-order valence-corrected chi connectivity index (χ2v) is 3.50. The van der Waals surface area contributed by atoms with Crippen LogP contribution in [0.5, 0.6) is 0 Å². The lowest BCUT2D eigenvalue weighted by molar-refractivity contribution is -0.126. The molecule has 14 heavy (non-hydrogen) atoms. The normalized spacial score (nSPS) is 10.6. The summed E-state index contributed by atoms with van der Waals surface area (Å²) in [5, 5.41) is 5.13. The van der Waals surface area contributed by atoms with E-state index in [1.807, 2.05) is 6.92 Å². The summed E-state index contributed by atoms with van der Waals surface area (Å²) >= 11 is 0. The third-order valence-electron chi connectivity index (χ3n) is 1.70. The fourth-order valence-corrected chi connectivity index (χ4v) is 0.822. The summed E-state index contributed by atoms with van der Waals surface area (Å²) in [6.45, 7) is 5.80. The maximum absolute atomic E-state index is 11.5. The highest BCUT2D eigenvalue weighted by molar-refractivity contribution is 5.88. The first-order valence-corrected chi connectivity index (χ1v) is 4.58. The van der Waals surface area contributed by atoms with Crippen LogP contribution in [0.3, 0.4) is 0 Å². The molecule has 0 rings (SSSR count). The molecule has 5 nitrogen and oxygen atoms in total. The van der Waals surface area contributed by atoms with Crippen molar-refractivity contribution < 1.29 is 14.3 Å². The van der Waals surface area contributed by atoms with Gasteiger partial charge in [0, 0.05) is 6.54 Å². The van der Waals surface area contributed by atoms with Gasteiger partial charge in [-0.3, -0.25) is 4.79 Å². The molecule has 82 valence electrons. The Balaban J connectivity index is 4.15. The average Bonchev–Trinajstić information content (AvgIpc) is 2.13. The summed E-state index contributed by atoms with van der Waals surface area (Å²) < 4.78 is 4.41. The van der Waals surface area contributed by atoms with Crippen LogP contribution >= 0.6 is 0 Å². The van der Waals surface area contributed by atoms with Crippen molar-refractivity contribution >= 4 is 12.0 Å². The lowest BCUT2D eigenvalue weighted by Gasteiger charge is -2.23. The standard InChI is InChI=1S/C9H18N2O3/c1-5-6-10-7(12)9(2,3)11-8(13)14-4/h5-6H2,1-4H3,(H,10,12)(H,11,13). The van der Waals surface area contributed by atoms with E-state index in [-0.39, 0.29) is 5.91 Å². The Morgan fingerprint density at radius 3 is 2.36 bits per heavy atom. The van der Waals surface area contributed by atoms with E-state index in [1.54, 1.807) is 13.8 Å². The number of hydrogen-bond donors (Lipinski definition) is 2. The molecule has 0 saturated carbocycles. The predicted molar refractivity (Wildman–Crippen MR) is 52.9 cm³/mol. The van der Waals surface area contributed by atoms with E-state index in [0.717, 1.165) is 6.42 Å². The van der Waals surface area contributed by atoms with Gasteiger partial charge in [-0.1, -0.05) is 6.92 Å². The van der Waals surface area contributed by atoms with E-state index in [0.29, 0.717) is 6.54 Å². The van der Waals surface area contributed by atoms with Crippen LogP contribution in [0.15, 0.2) is 0 Å². The lowest BCUT2D eigenvalue weighted by Crippen LogP contribution is -2.54. The maximum Gasteiger partial charge on any atom is 0.407 e. The molecule has 0 radical (unpaired) electrons. The molecule has 0 spiro atoms. The van der Waals surface area contributed by atoms with Crippen molar-refractivity contribution in [2.24, 2.45) is 0 Å². The molecule has 2 N–H and O–H groups in total. The van der Waals surface area contributed by atoms with E-state index in [4.69, 9.17) is 0 Å². The van der Waals surface area contributed by atoms with Crippen molar-refractivity contribution in [1.82, 2.24) is 10.6 Å². The molecule has 2 amide bonds. The van der Waals surface area contributed by atoms with Gasteiger partial charge >= 0.3 is 6.09 Å². The molecule has 0 fully saturated rings. The third-order valence-corrected chi connectivity index (χ3v) is 1.70. The fraction of sp³-hybridized carbons (Fsp3) is 0.778. The summed E-state index contributed by atoms with van der Waals surface area (Å²) in [6.07, 6.45) is 0.252. The summed E-state index contributed by atoms with van der Waals surface area (Å²) in [7, 11) is 1.26. The molecule has 0 aliphatic carbocycles. The largest absolute Gasteiger partial charge is 0.453 e. The first kappa shape index (κ1) is 12.7. The molecular formula is C9H18N2O3. The number of carbonyl (C=O) groups excluding carboxylic acids is 2. The van der Waals surface area contributed by atoms with Crippen molar-refractivity contribution in [3.63, 3.8) is 0 Å². The number of carbonyl (C=O) groups is 2.